The van der Waals surface area contributed by atoms with E-state index in [2.05, 4.69) is 15.0 Å². The Hall–Kier alpha value is -3.33. The Morgan fingerprint density at radius 2 is 1.97 bits per heavy atom. The SMILES string of the molecule is CCOc1cccc2cc(C(C)NC(=O)CCCCCN=C3NS(=O)(=O)c4ccccc43)oc12. The number of fused-ring (bicyclic) bond motifs is 2. The number of aliphatic imine (C=N–C) groups is 1. The lowest BCUT2D eigenvalue weighted by molar-refractivity contribution is -0.122. The van der Waals surface area contributed by atoms with Crippen LogP contribution in [0.15, 0.2) is 62.8 Å². The molecule has 0 radical (unpaired) electrons. The van der Waals surface area contributed by atoms with Crippen molar-refractivity contribution in [1.82, 2.24) is 10.0 Å². The highest BCUT2D eigenvalue weighted by molar-refractivity contribution is 7.90. The monoisotopic (exact) mass is 483 g/mol. The van der Waals surface area contributed by atoms with E-state index in [1.165, 1.54) is 0 Å². The van der Waals surface area contributed by atoms with Crippen LogP contribution in [0.1, 0.15) is 56.9 Å². The van der Waals surface area contributed by atoms with Crippen LogP contribution in [0.4, 0.5) is 0 Å². The van der Waals surface area contributed by atoms with Crippen LogP contribution in [0.2, 0.25) is 0 Å². The molecular weight excluding hydrogens is 454 g/mol. The van der Waals surface area contributed by atoms with Gasteiger partial charge in [-0.05, 0) is 51.0 Å². The number of rotatable bonds is 10. The number of nitrogens with zero attached hydrogens (tertiary/aromatic N) is 1. The topological polar surface area (TPSA) is 110 Å². The van der Waals surface area contributed by atoms with Crippen molar-refractivity contribution in [3.05, 3.63) is 59.9 Å². The van der Waals surface area contributed by atoms with E-state index in [0.29, 0.717) is 48.1 Å². The van der Waals surface area contributed by atoms with Crippen LogP contribution in [-0.2, 0) is 14.8 Å². The van der Waals surface area contributed by atoms with Crippen molar-refractivity contribution in [3.63, 3.8) is 0 Å². The molecule has 0 fully saturated rings. The summed E-state index contributed by atoms with van der Waals surface area (Å²) in [5, 5.41) is 3.93. The molecule has 1 aliphatic heterocycles. The number of carbonyl (C=O) groups is 1. The predicted octanol–water partition coefficient (Wildman–Crippen LogP) is 4.31. The normalized spacial score (nSPS) is 16.2. The Kier molecular flexibility index (Phi) is 7.21. The molecule has 4 rings (SSSR count). The lowest BCUT2D eigenvalue weighted by Crippen LogP contribution is -2.26. The van der Waals surface area contributed by atoms with Gasteiger partial charge < -0.3 is 14.5 Å². The molecule has 2 aromatic carbocycles. The third-order valence-electron chi connectivity index (χ3n) is 5.63. The standard InChI is InChI=1S/C25H29N3O5S/c1-3-32-20-12-9-10-18-16-21(33-24(18)20)17(2)27-23(29)14-5-4-8-15-26-25-19-11-6-7-13-22(19)34(30,31)28-25/h6-7,9-13,16-17H,3-5,8,14-15H2,1-2H3,(H,26,28)(H,27,29). The van der Waals surface area contributed by atoms with Gasteiger partial charge in [0.1, 0.15) is 11.6 Å². The molecule has 1 amide bonds. The molecule has 1 aromatic heterocycles. The third kappa shape index (κ3) is 5.25. The number of furan rings is 1. The van der Waals surface area contributed by atoms with Crippen molar-refractivity contribution in [2.45, 2.75) is 50.5 Å². The van der Waals surface area contributed by atoms with Crippen LogP contribution in [0, 0.1) is 0 Å². The number of ether oxygens (including phenoxy) is 1. The summed E-state index contributed by atoms with van der Waals surface area (Å²) < 4.78 is 38.3. The molecule has 8 nitrogen and oxygen atoms in total. The van der Waals surface area contributed by atoms with Gasteiger partial charge in [-0.2, -0.15) is 0 Å². The molecule has 9 heteroatoms. The quantitative estimate of drug-likeness (QED) is 0.418. The van der Waals surface area contributed by atoms with Gasteiger partial charge in [-0.3, -0.25) is 14.5 Å². The lowest BCUT2D eigenvalue weighted by Gasteiger charge is -2.11. The van der Waals surface area contributed by atoms with E-state index in [9.17, 15) is 13.2 Å². The summed E-state index contributed by atoms with van der Waals surface area (Å²) in [6, 6.07) is 14.2. The summed E-state index contributed by atoms with van der Waals surface area (Å²) in [7, 11) is -3.51. The van der Waals surface area contributed by atoms with Crippen LogP contribution in [0.25, 0.3) is 11.0 Å². The summed E-state index contributed by atoms with van der Waals surface area (Å²) >= 11 is 0. The fraction of sp³-hybridized carbons (Fsp3) is 0.360. The Morgan fingerprint density at radius 3 is 2.79 bits per heavy atom. The average molecular weight is 484 g/mol. The van der Waals surface area contributed by atoms with Crippen LogP contribution < -0.4 is 14.8 Å². The maximum Gasteiger partial charge on any atom is 0.263 e. The molecule has 0 saturated heterocycles. The van der Waals surface area contributed by atoms with Crippen LogP contribution in [0.5, 0.6) is 5.75 Å². The molecule has 2 heterocycles. The second kappa shape index (κ2) is 10.3. The maximum atomic E-state index is 12.4. The number of amidine groups is 1. The molecule has 1 unspecified atom stereocenters. The molecule has 1 atom stereocenters. The number of hydrogen-bond donors (Lipinski definition) is 2. The molecular formula is C25H29N3O5S. The number of benzene rings is 2. The second-order valence-corrected chi connectivity index (χ2v) is 9.84. The zero-order chi connectivity index (χ0) is 24.1. The molecule has 1 aliphatic rings. The van der Waals surface area contributed by atoms with Gasteiger partial charge in [0.05, 0.1) is 17.5 Å². The maximum absolute atomic E-state index is 12.4. The first-order valence-electron chi connectivity index (χ1n) is 11.5. The van der Waals surface area contributed by atoms with Crippen molar-refractivity contribution < 1.29 is 22.4 Å². The van der Waals surface area contributed by atoms with Crippen molar-refractivity contribution >= 4 is 32.7 Å². The van der Waals surface area contributed by atoms with Gasteiger partial charge in [0, 0.05) is 23.9 Å². The number of sulfonamides is 1. The fourth-order valence-electron chi connectivity index (χ4n) is 3.94. The van der Waals surface area contributed by atoms with Crippen LogP contribution in [-0.4, -0.2) is 33.3 Å². The number of nitrogens with one attached hydrogen (secondary N) is 2. The number of unbranched alkanes of at least 4 members (excludes halogenated alkanes) is 2. The highest BCUT2D eigenvalue weighted by Gasteiger charge is 2.29. The summed E-state index contributed by atoms with van der Waals surface area (Å²) in [6.45, 7) is 4.86. The molecule has 0 bridgehead atoms. The van der Waals surface area contributed by atoms with Crippen LogP contribution >= 0.6 is 0 Å². The second-order valence-electron chi connectivity index (χ2n) is 8.19. The zero-order valence-corrected chi connectivity index (χ0v) is 20.2. The number of hydrogen-bond acceptors (Lipinski definition) is 6. The van der Waals surface area contributed by atoms with Gasteiger partial charge in [0.25, 0.3) is 10.0 Å². The van der Waals surface area contributed by atoms with Crippen molar-refractivity contribution in [2.24, 2.45) is 4.99 Å². The Labute approximate surface area is 199 Å². The zero-order valence-electron chi connectivity index (χ0n) is 19.3. The molecule has 0 saturated carbocycles. The summed E-state index contributed by atoms with van der Waals surface area (Å²) in [4.78, 5) is 17.1. The average Bonchev–Trinajstić information content (AvgIpc) is 3.36. The van der Waals surface area contributed by atoms with E-state index in [1.807, 2.05) is 38.1 Å². The predicted molar refractivity (Wildman–Crippen MR) is 131 cm³/mol. The van der Waals surface area contributed by atoms with Gasteiger partial charge in [-0.1, -0.05) is 30.7 Å². The molecule has 180 valence electrons. The van der Waals surface area contributed by atoms with Crippen molar-refractivity contribution in [2.75, 3.05) is 13.2 Å². The van der Waals surface area contributed by atoms with Crippen LogP contribution in [0.3, 0.4) is 0 Å². The molecule has 2 N–H and O–H groups in total. The Morgan fingerprint density at radius 1 is 1.15 bits per heavy atom. The first kappa shape index (κ1) is 23.8. The number of amides is 1. The van der Waals surface area contributed by atoms with E-state index in [1.54, 1.807) is 24.3 Å². The minimum Gasteiger partial charge on any atom is -0.490 e. The van der Waals surface area contributed by atoms with E-state index in [-0.39, 0.29) is 16.8 Å². The molecule has 0 aliphatic carbocycles. The Bertz CT molecular complexity index is 1310. The van der Waals surface area contributed by atoms with Crippen molar-refractivity contribution in [3.8, 4) is 5.75 Å². The highest BCUT2D eigenvalue weighted by Crippen LogP contribution is 2.31. The summed E-state index contributed by atoms with van der Waals surface area (Å²) in [6.07, 6.45) is 2.70. The largest absolute Gasteiger partial charge is 0.490 e. The highest BCUT2D eigenvalue weighted by atomic mass is 32.2. The first-order valence-corrected chi connectivity index (χ1v) is 13.0. The molecule has 3 aromatic rings. The minimum absolute atomic E-state index is 0.0400. The smallest absolute Gasteiger partial charge is 0.263 e. The minimum atomic E-state index is -3.51. The Balaban J connectivity index is 1.22. The summed E-state index contributed by atoms with van der Waals surface area (Å²) in [5.74, 6) is 1.73. The van der Waals surface area contributed by atoms with Gasteiger partial charge in [0.15, 0.2) is 11.3 Å². The van der Waals surface area contributed by atoms with Gasteiger partial charge in [-0.15, -0.1) is 0 Å². The lowest BCUT2D eigenvalue weighted by atomic mass is 10.1. The van der Waals surface area contributed by atoms with E-state index in [0.717, 1.165) is 24.6 Å². The van der Waals surface area contributed by atoms with E-state index >= 15 is 0 Å². The third-order valence-corrected chi connectivity index (χ3v) is 7.02. The van der Waals surface area contributed by atoms with Crippen molar-refractivity contribution in [1.29, 1.82) is 0 Å². The van der Waals surface area contributed by atoms with Gasteiger partial charge in [0.2, 0.25) is 5.91 Å². The first-order chi connectivity index (χ1) is 16.4. The summed E-state index contributed by atoms with van der Waals surface area (Å²) in [5.41, 5.74) is 1.30. The fourth-order valence-corrected chi connectivity index (χ4v) is 5.19. The molecule has 34 heavy (non-hydrogen) atoms. The van der Waals surface area contributed by atoms with Gasteiger partial charge in [-0.25, -0.2) is 8.42 Å². The van der Waals surface area contributed by atoms with E-state index in [4.69, 9.17) is 9.15 Å². The van der Waals surface area contributed by atoms with E-state index < -0.39 is 10.0 Å². The molecule has 0 spiro atoms. The number of carbonyl (C=O) groups excluding carboxylic acids is 1. The number of para-hydroxylation sites is 1. The van der Waals surface area contributed by atoms with Gasteiger partial charge >= 0.3 is 0 Å².